The summed E-state index contributed by atoms with van der Waals surface area (Å²) in [6, 6.07) is 8.82. The summed E-state index contributed by atoms with van der Waals surface area (Å²) in [6.45, 7) is 5.70. The van der Waals surface area contributed by atoms with Crippen molar-refractivity contribution in [1.82, 2.24) is 4.98 Å². The molecule has 0 saturated carbocycles. The number of rotatable bonds is 6. The third kappa shape index (κ3) is 4.30. The number of aliphatic hydroxyl groups is 1. The Morgan fingerprint density at radius 1 is 1.24 bits per heavy atom. The number of ketones is 1. The van der Waals surface area contributed by atoms with Crippen molar-refractivity contribution in [3.63, 3.8) is 0 Å². The van der Waals surface area contributed by atoms with Gasteiger partial charge >= 0.3 is 11.9 Å². The first kappa shape index (κ1) is 25.2. The molecule has 1 aromatic heterocycles. The van der Waals surface area contributed by atoms with Gasteiger partial charge in [0.1, 0.15) is 42.3 Å². The Morgan fingerprint density at radius 3 is 2.71 bits per heavy atom. The van der Waals surface area contributed by atoms with E-state index in [1.54, 1.807) is 19.1 Å². The van der Waals surface area contributed by atoms with Gasteiger partial charge in [0.25, 0.3) is 5.78 Å². The van der Waals surface area contributed by atoms with Gasteiger partial charge in [0, 0.05) is 11.1 Å². The number of ether oxygens (including phenoxy) is 3. The van der Waals surface area contributed by atoms with Crippen LogP contribution in [0.15, 0.2) is 60.7 Å². The SMILES string of the molecule is C=CCOC(=O)c1sc(N2C(=O)C(=O)C(=C(O)c3ccc4c(c3)OCCO4)[C@@H]2c2ccccc2F)nc1C. The molecule has 2 aliphatic rings. The lowest BCUT2D eigenvalue weighted by Gasteiger charge is -2.23. The van der Waals surface area contributed by atoms with E-state index < -0.39 is 35.3 Å². The first-order chi connectivity index (χ1) is 18.3. The van der Waals surface area contributed by atoms with Crippen LogP contribution in [0.5, 0.6) is 11.5 Å². The summed E-state index contributed by atoms with van der Waals surface area (Å²) in [5.41, 5.74) is 0.0764. The monoisotopic (exact) mass is 536 g/mol. The summed E-state index contributed by atoms with van der Waals surface area (Å²) in [5, 5.41) is 11.3. The fraction of sp³-hybridized carbons (Fsp3) is 0.185. The number of thiazole rings is 1. The van der Waals surface area contributed by atoms with Gasteiger partial charge in [-0.3, -0.25) is 14.5 Å². The molecule has 3 aromatic rings. The standard InChI is InChI=1S/C27H21FN2O7S/c1-3-10-37-26(34)24-14(2)29-27(38-24)30-21(16-6-4-5-7-17(16)28)20(23(32)25(30)33)22(31)15-8-9-18-19(13-15)36-12-11-35-18/h3-9,13,21,31H,1,10-12H2,2H3/t21-/m0/s1. The molecule has 0 bridgehead atoms. The molecule has 5 rings (SSSR count). The van der Waals surface area contributed by atoms with Gasteiger partial charge in [-0.05, 0) is 31.2 Å². The Hall–Kier alpha value is -4.51. The number of amides is 1. The highest BCUT2D eigenvalue weighted by Gasteiger charge is 2.49. The fourth-order valence-electron chi connectivity index (χ4n) is 4.24. The number of hydrogen-bond acceptors (Lipinski definition) is 9. The number of aromatic nitrogens is 1. The molecule has 0 radical (unpaired) electrons. The molecule has 1 saturated heterocycles. The van der Waals surface area contributed by atoms with Crippen LogP contribution in [0.3, 0.4) is 0 Å². The molecule has 0 aliphatic carbocycles. The average Bonchev–Trinajstić information content (AvgIpc) is 3.43. The van der Waals surface area contributed by atoms with E-state index in [1.165, 1.54) is 36.4 Å². The van der Waals surface area contributed by atoms with E-state index in [0.29, 0.717) is 24.7 Å². The van der Waals surface area contributed by atoms with Crippen LogP contribution in [0.25, 0.3) is 5.76 Å². The molecule has 1 fully saturated rings. The number of fused-ring (bicyclic) bond motifs is 1. The molecule has 3 heterocycles. The van der Waals surface area contributed by atoms with Crippen molar-refractivity contribution in [2.24, 2.45) is 0 Å². The van der Waals surface area contributed by atoms with E-state index in [9.17, 15) is 19.5 Å². The Labute approximate surface area is 220 Å². The third-order valence-corrected chi connectivity index (χ3v) is 7.11. The Morgan fingerprint density at radius 2 is 1.97 bits per heavy atom. The minimum atomic E-state index is -1.35. The van der Waals surface area contributed by atoms with Crippen LogP contribution in [-0.4, -0.2) is 47.6 Å². The molecule has 2 aliphatic heterocycles. The van der Waals surface area contributed by atoms with Crippen LogP contribution in [0.1, 0.15) is 32.5 Å². The second-order valence-electron chi connectivity index (χ2n) is 8.35. The number of esters is 1. The van der Waals surface area contributed by atoms with Crippen molar-refractivity contribution in [3.05, 3.63) is 88.2 Å². The molecule has 1 atom stereocenters. The smallest absolute Gasteiger partial charge is 0.350 e. The highest BCUT2D eigenvalue weighted by atomic mass is 32.1. The lowest BCUT2D eigenvalue weighted by molar-refractivity contribution is -0.132. The number of anilines is 1. The minimum Gasteiger partial charge on any atom is -0.507 e. The summed E-state index contributed by atoms with van der Waals surface area (Å²) in [5.74, 6) is -3.14. The van der Waals surface area contributed by atoms with Crippen LogP contribution in [0.2, 0.25) is 0 Å². The minimum absolute atomic E-state index is 0.0235. The summed E-state index contributed by atoms with van der Waals surface area (Å²) in [4.78, 5) is 44.6. The van der Waals surface area contributed by atoms with Crippen LogP contribution >= 0.6 is 11.3 Å². The number of carbonyl (C=O) groups is 3. The molecular weight excluding hydrogens is 515 g/mol. The topological polar surface area (TPSA) is 115 Å². The molecular formula is C27H21FN2O7S. The molecule has 38 heavy (non-hydrogen) atoms. The maximum absolute atomic E-state index is 15.1. The first-order valence-corrected chi connectivity index (χ1v) is 12.3. The second-order valence-corrected chi connectivity index (χ2v) is 9.32. The molecule has 9 nitrogen and oxygen atoms in total. The maximum Gasteiger partial charge on any atom is 0.350 e. The summed E-state index contributed by atoms with van der Waals surface area (Å²) in [7, 11) is 0. The number of carbonyl (C=O) groups excluding carboxylic acids is 3. The molecule has 11 heteroatoms. The number of nitrogens with zero attached hydrogens (tertiary/aromatic N) is 2. The van der Waals surface area contributed by atoms with E-state index >= 15 is 4.39 Å². The molecule has 1 N–H and O–H groups in total. The molecule has 1 amide bonds. The van der Waals surface area contributed by atoms with Gasteiger partial charge in [0.05, 0.1) is 11.3 Å². The van der Waals surface area contributed by atoms with Crippen molar-refractivity contribution in [3.8, 4) is 11.5 Å². The summed E-state index contributed by atoms with van der Waals surface area (Å²) >= 11 is 0.823. The Balaban J connectivity index is 1.66. The lowest BCUT2D eigenvalue weighted by Crippen LogP contribution is -2.29. The van der Waals surface area contributed by atoms with Crippen molar-refractivity contribution in [2.75, 3.05) is 24.7 Å². The predicted octanol–water partition coefficient (Wildman–Crippen LogP) is 4.33. The molecule has 0 unspecified atom stereocenters. The van der Waals surface area contributed by atoms with E-state index in [1.807, 2.05) is 0 Å². The van der Waals surface area contributed by atoms with Crippen LogP contribution in [0.4, 0.5) is 9.52 Å². The van der Waals surface area contributed by atoms with Gasteiger partial charge in [-0.25, -0.2) is 14.2 Å². The van der Waals surface area contributed by atoms with E-state index in [0.717, 1.165) is 16.2 Å². The van der Waals surface area contributed by atoms with Crippen LogP contribution in [0, 0.1) is 12.7 Å². The zero-order valence-electron chi connectivity index (χ0n) is 20.1. The molecule has 0 spiro atoms. The average molecular weight is 537 g/mol. The molecule has 194 valence electrons. The zero-order chi connectivity index (χ0) is 27.0. The van der Waals surface area contributed by atoms with Gasteiger partial charge in [-0.2, -0.15) is 0 Å². The summed E-state index contributed by atoms with van der Waals surface area (Å²) < 4.78 is 31.3. The molecule has 2 aromatic carbocycles. The Kier molecular flexibility index (Phi) is 6.68. The Bertz CT molecular complexity index is 1510. The normalized spacial score (nSPS) is 17.9. The van der Waals surface area contributed by atoms with Gasteiger partial charge in [0.2, 0.25) is 0 Å². The largest absolute Gasteiger partial charge is 0.507 e. The fourth-order valence-corrected chi connectivity index (χ4v) is 5.23. The van der Waals surface area contributed by atoms with E-state index in [2.05, 4.69) is 11.6 Å². The lowest BCUT2D eigenvalue weighted by atomic mass is 9.95. The summed E-state index contributed by atoms with van der Waals surface area (Å²) in [6.07, 6.45) is 1.41. The number of Topliss-reactive ketones (excluding diaryl/α,β-unsaturated/α-hetero) is 1. The van der Waals surface area contributed by atoms with Crippen LogP contribution in [-0.2, 0) is 14.3 Å². The van der Waals surface area contributed by atoms with Gasteiger partial charge in [0.15, 0.2) is 16.6 Å². The zero-order valence-corrected chi connectivity index (χ0v) is 20.9. The van der Waals surface area contributed by atoms with E-state index in [4.69, 9.17) is 14.2 Å². The van der Waals surface area contributed by atoms with Crippen molar-refractivity contribution in [1.29, 1.82) is 0 Å². The first-order valence-electron chi connectivity index (χ1n) is 11.5. The second kappa shape index (κ2) is 10.1. The number of halogens is 1. The predicted molar refractivity (Wildman–Crippen MR) is 136 cm³/mol. The van der Waals surface area contributed by atoms with Crippen molar-refractivity contribution in [2.45, 2.75) is 13.0 Å². The highest BCUT2D eigenvalue weighted by Crippen LogP contribution is 2.45. The highest BCUT2D eigenvalue weighted by molar-refractivity contribution is 7.17. The van der Waals surface area contributed by atoms with Crippen molar-refractivity contribution < 1.29 is 38.1 Å². The quantitative estimate of drug-likeness (QED) is 0.163. The van der Waals surface area contributed by atoms with Crippen molar-refractivity contribution >= 4 is 39.9 Å². The van der Waals surface area contributed by atoms with Gasteiger partial charge < -0.3 is 19.3 Å². The number of aryl methyl sites for hydroxylation is 1. The van der Waals surface area contributed by atoms with Crippen LogP contribution < -0.4 is 14.4 Å². The number of aliphatic hydroxyl groups excluding tert-OH is 1. The van der Waals surface area contributed by atoms with E-state index in [-0.39, 0.29) is 39.0 Å². The maximum atomic E-state index is 15.1. The number of hydrogen-bond donors (Lipinski definition) is 1. The number of benzene rings is 2. The third-order valence-electron chi connectivity index (χ3n) is 5.97. The van der Waals surface area contributed by atoms with Gasteiger partial charge in [-0.1, -0.05) is 42.2 Å². The van der Waals surface area contributed by atoms with Gasteiger partial charge in [-0.15, -0.1) is 0 Å².